The highest BCUT2D eigenvalue weighted by molar-refractivity contribution is 8.14. The van der Waals surface area contributed by atoms with Crippen LogP contribution in [-0.2, 0) is 20.9 Å². The molecule has 31 heavy (non-hydrogen) atoms. The lowest BCUT2D eigenvalue weighted by Crippen LogP contribution is -2.42. The number of hydrogen-bond acceptors (Lipinski definition) is 6. The van der Waals surface area contributed by atoms with E-state index in [2.05, 4.69) is 15.3 Å². The Morgan fingerprint density at radius 1 is 1.16 bits per heavy atom. The van der Waals surface area contributed by atoms with Gasteiger partial charge in [-0.25, -0.2) is 14.3 Å². The van der Waals surface area contributed by atoms with Gasteiger partial charge in [-0.1, -0.05) is 36.0 Å². The topological polar surface area (TPSA) is 117 Å². The van der Waals surface area contributed by atoms with Crippen LogP contribution in [0.3, 0.4) is 0 Å². The fraction of sp³-hybridized carbons (Fsp3) is 0.190. The van der Waals surface area contributed by atoms with Crippen molar-refractivity contribution < 1.29 is 18.8 Å². The summed E-state index contributed by atoms with van der Waals surface area (Å²) >= 11 is 1.05. The van der Waals surface area contributed by atoms with Crippen molar-refractivity contribution in [3.63, 3.8) is 0 Å². The van der Waals surface area contributed by atoms with E-state index < -0.39 is 17.9 Å². The third kappa shape index (κ3) is 4.48. The van der Waals surface area contributed by atoms with E-state index in [1.165, 1.54) is 17.0 Å². The normalized spacial score (nSPS) is 16.9. The number of carbonyl (C=O) groups is 3. The lowest BCUT2D eigenvalue weighted by Gasteiger charge is -2.25. The molecule has 158 valence electrons. The Bertz CT molecular complexity index is 1120. The molecule has 0 bridgehead atoms. The number of nitrogens with one attached hydrogen (secondary N) is 1. The second-order valence-electron chi connectivity index (χ2n) is 6.92. The van der Waals surface area contributed by atoms with Crippen LogP contribution in [0.4, 0.5) is 10.1 Å². The number of aliphatic imine (C=N–C) groups is 2. The maximum Gasteiger partial charge on any atom is 0.259 e. The predicted molar refractivity (Wildman–Crippen MR) is 115 cm³/mol. The van der Waals surface area contributed by atoms with Crippen LogP contribution < -0.4 is 11.1 Å². The van der Waals surface area contributed by atoms with Gasteiger partial charge in [-0.3, -0.25) is 19.4 Å². The molecule has 2 aliphatic rings. The number of primary amides is 1. The highest BCUT2D eigenvalue weighted by Gasteiger charge is 2.42. The molecular formula is C21H18FN5O3S. The first-order valence-corrected chi connectivity index (χ1v) is 10.4. The number of carbonyl (C=O) groups excluding carboxylic acids is 3. The Hall–Kier alpha value is -3.53. The van der Waals surface area contributed by atoms with Gasteiger partial charge in [0, 0.05) is 12.1 Å². The summed E-state index contributed by atoms with van der Waals surface area (Å²) in [5.41, 5.74) is 7.27. The van der Waals surface area contributed by atoms with Crippen molar-refractivity contribution in [2.24, 2.45) is 15.7 Å². The number of rotatable bonds is 6. The number of para-hydroxylation sites is 1. The van der Waals surface area contributed by atoms with Gasteiger partial charge in [0.15, 0.2) is 5.17 Å². The molecule has 10 heteroatoms. The molecule has 2 aromatic rings. The summed E-state index contributed by atoms with van der Waals surface area (Å²) in [6.07, 6.45) is -0.143. The molecule has 3 N–H and O–H groups in total. The fourth-order valence-electron chi connectivity index (χ4n) is 3.22. The lowest BCUT2D eigenvalue weighted by molar-refractivity contribution is -0.128. The average Bonchev–Trinajstić information content (AvgIpc) is 3.08. The Labute approximate surface area is 181 Å². The Balaban J connectivity index is 1.50. The number of amidine groups is 2. The van der Waals surface area contributed by atoms with Gasteiger partial charge in [0.05, 0.1) is 17.9 Å². The van der Waals surface area contributed by atoms with Gasteiger partial charge in [-0.15, -0.1) is 0 Å². The second-order valence-corrected chi connectivity index (χ2v) is 7.86. The smallest absolute Gasteiger partial charge is 0.259 e. The summed E-state index contributed by atoms with van der Waals surface area (Å²) in [4.78, 5) is 47.0. The van der Waals surface area contributed by atoms with Crippen LogP contribution in [0.25, 0.3) is 0 Å². The molecule has 0 aliphatic carbocycles. The minimum absolute atomic E-state index is 0.0408. The molecule has 0 fully saturated rings. The Kier molecular flexibility index (Phi) is 5.81. The summed E-state index contributed by atoms with van der Waals surface area (Å²) in [5, 5.41) is 3.02. The molecule has 0 radical (unpaired) electrons. The number of thioether (sulfide) groups is 1. The van der Waals surface area contributed by atoms with Gasteiger partial charge in [0.25, 0.3) is 5.91 Å². The number of nitrogens with two attached hydrogens (primary N) is 1. The first-order chi connectivity index (χ1) is 14.9. The van der Waals surface area contributed by atoms with E-state index in [1.807, 2.05) is 12.1 Å². The first-order valence-electron chi connectivity index (χ1n) is 9.44. The van der Waals surface area contributed by atoms with E-state index in [-0.39, 0.29) is 30.4 Å². The van der Waals surface area contributed by atoms with Crippen molar-refractivity contribution in [1.29, 1.82) is 0 Å². The molecule has 0 spiro atoms. The highest BCUT2D eigenvalue weighted by Crippen LogP contribution is 2.33. The molecule has 4 rings (SSSR count). The Morgan fingerprint density at radius 3 is 2.65 bits per heavy atom. The minimum atomic E-state index is -0.909. The van der Waals surface area contributed by atoms with Gasteiger partial charge in [-0.2, -0.15) is 0 Å². The zero-order chi connectivity index (χ0) is 22.0. The molecule has 8 nitrogen and oxygen atoms in total. The standard InChI is InChI=1S/C21H18FN5O3S/c22-13-7-5-12(6-8-13)10-24-18(29)9-16-20(30)27-19(25-16)14-3-1-2-4-15(14)26-21(27)31-11-17(23)28/h1-8,16H,9-11H2,(H2,23,28)(H,24,29)/t16-/m1/s1. The van der Waals surface area contributed by atoms with Crippen molar-refractivity contribution in [3.05, 3.63) is 65.5 Å². The van der Waals surface area contributed by atoms with Gasteiger partial charge >= 0.3 is 0 Å². The molecule has 2 aliphatic heterocycles. The third-order valence-electron chi connectivity index (χ3n) is 4.67. The van der Waals surface area contributed by atoms with E-state index >= 15 is 0 Å². The average molecular weight is 439 g/mol. The largest absolute Gasteiger partial charge is 0.369 e. The fourth-order valence-corrected chi connectivity index (χ4v) is 3.96. The van der Waals surface area contributed by atoms with Crippen LogP contribution in [0.15, 0.2) is 58.5 Å². The number of benzene rings is 2. The minimum Gasteiger partial charge on any atom is -0.369 e. The molecule has 0 saturated heterocycles. The lowest BCUT2D eigenvalue weighted by atomic mass is 10.1. The molecule has 1 atom stereocenters. The van der Waals surface area contributed by atoms with Crippen molar-refractivity contribution >= 4 is 46.2 Å². The summed E-state index contributed by atoms with van der Waals surface area (Å²) in [6.45, 7) is 0.213. The first kappa shape index (κ1) is 20.7. The monoisotopic (exact) mass is 439 g/mol. The number of nitrogens with zero attached hydrogens (tertiary/aromatic N) is 3. The molecule has 0 unspecified atom stereocenters. The van der Waals surface area contributed by atoms with E-state index in [0.717, 1.165) is 17.3 Å². The van der Waals surface area contributed by atoms with Crippen molar-refractivity contribution in [3.8, 4) is 0 Å². The molecule has 2 heterocycles. The quantitative estimate of drug-likeness (QED) is 0.712. The number of fused-ring (bicyclic) bond motifs is 3. The SMILES string of the molecule is NC(=O)CSC1=Nc2ccccc2C2=N[C@H](CC(=O)NCc3ccc(F)cc3)C(=O)N12. The van der Waals surface area contributed by atoms with Gasteiger partial charge < -0.3 is 11.1 Å². The summed E-state index contributed by atoms with van der Waals surface area (Å²) in [7, 11) is 0. The van der Waals surface area contributed by atoms with Gasteiger partial charge in [-0.05, 0) is 29.8 Å². The summed E-state index contributed by atoms with van der Waals surface area (Å²) in [5.74, 6) is -1.28. The predicted octanol–water partition coefficient (Wildman–Crippen LogP) is 1.71. The molecule has 0 aromatic heterocycles. The van der Waals surface area contributed by atoms with Crippen LogP contribution in [0, 0.1) is 5.82 Å². The van der Waals surface area contributed by atoms with E-state index in [4.69, 9.17) is 5.73 Å². The van der Waals surface area contributed by atoms with Crippen molar-refractivity contribution in [2.45, 2.75) is 19.0 Å². The highest BCUT2D eigenvalue weighted by atomic mass is 32.2. The summed E-state index contributed by atoms with van der Waals surface area (Å²) in [6, 6.07) is 12.1. The zero-order valence-electron chi connectivity index (χ0n) is 16.2. The number of halogens is 1. The van der Waals surface area contributed by atoms with Crippen LogP contribution in [-0.4, -0.2) is 45.4 Å². The maximum atomic E-state index is 13.0. The van der Waals surface area contributed by atoms with Gasteiger partial charge in [0.1, 0.15) is 17.7 Å². The van der Waals surface area contributed by atoms with Crippen LogP contribution in [0.1, 0.15) is 17.5 Å². The summed E-state index contributed by atoms with van der Waals surface area (Å²) < 4.78 is 13.0. The zero-order valence-corrected chi connectivity index (χ0v) is 17.1. The maximum absolute atomic E-state index is 13.0. The molecular weight excluding hydrogens is 421 g/mol. The Morgan fingerprint density at radius 2 is 1.90 bits per heavy atom. The molecule has 0 saturated carbocycles. The van der Waals surface area contributed by atoms with E-state index in [0.29, 0.717) is 22.3 Å². The number of hydrogen-bond donors (Lipinski definition) is 2. The van der Waals surface area contributed by atoms with E-state index in [1.54, 1.807) is 24.3 Å². The van der Waals surface area contributed by atoms with Crippen LogP contribution in [0.5, 0.6) is 0 Å². The third-order valence-corrected chi connectivity index (χ3v) is 5.63. The van der Waals surface area contributed by atoms with E-state index in [9.17, 15) is 18.8 Å². The van der Waals surface area contributed by atoms with Crippen LogP contribution >= 0.6 is 11.8 Å². The van der Waals surface area contributed by atoms with Crippen LogP contribution in [0.2, 0.25) is 0 Å². The van der Waals surface area contributed by atoms with Gasteiger partial charge in [0.2, 0.25) is 11.8 Å². The number of amides is 3. The molecule has 2 aromatic carbocycles. The van der Waals surface area contributed by atoms with Crippen molar-refractivity contribution in [1.82, 2.24) is 10.2 Å². The second kappa shape index (κ2) is 8.68. The molecule has 3 amide bonds. The van der Waals surface area contributed by atoms with Crippen molar-refractivity contribution in [2.75, 3.05) is 5.75 Å².